The van der Waals surface area contributed by atoms with Crippen LogP contribution in [0.15, 0.2) is 24.3 Å². The Hall–Kier alpha value is -1.87. The first kappa shape index (κ1) is 25.4. The lowest BCUT2D eigenvalue weighted by Crippen LogP contribution is -2.44. The van der Waals surface area contributed by atoms with Crippen LogP contribution >= 0.6 is 0 Å². The molecule has 3 N–H and O–H groups in total. The summed E-state index contributed by atoms with van der Waals surface area (Å²) in [6, 6.07) is 7.36. The molecule has 1 aromatic carbocycles. The molecule has 0 aliphatic carbocycles. The standard InChI is InChI=1S/C23H38N2O6/c1-3-10-28-13-14-30-21-4-6-22(7-5-21)31-17-20(26)16-24-18(2)15-25-23(27)19-8-11-29-12-9-19/h4-7,18-20,24,26H,3,8-17H2,1-2H3,(H,25,27). The minimum absolute atomic E-state index is 0.0473. The average Bonchev–Trinajstić information content (AvgIpc) is 2.81. The van der Waals surface area contributed by atoms with Gasteiger partial charge in [-0.25, -0.2) is 0 Å². The SMILES string of the molecule is CCCOCCOc1ccc(OCC(O)CNC(C)CNC(=O)C2CCOCC2)cc1. The lowest BCUT2D eigenvalue weighted by molar-refractivity contribution is -0.127. The summed E-state index contributed by atoms with van der Waals surface area (Å²) in [4.78, 5) is 12.1. The van der Waals surface area contributed by atoms with Crippen LogP contribution in [0.25, 0.3) is 0 Å². The van der Waals surface area contributed by atoms with Crippen molar-refractivity contribution in [2.75, 3.05) is 52.7 Å². The maximum atomic E-state index is 12.1. The maximum absolute atomic E-state index is 12.1. The van der Waals surface area contributed by atoms with E-state index < -0.39 is 6.10 Å². The largest absolute Gasteiger partial charge is 0.491 e. The summed E-state index contributed by atoms with van der Waals surface area (Å²) in [7, 11) is 0. The molecule has 0 bridgehead atoms. The molecular weight excluding hydrogens is 400 g/mol. The summed E-state index contributed by atoms with van der Waals surface area (Å²) >= 11 is 0. The highest BCUT2D eigenvalue weighted by Gasteiger charge is 2.21. The van der Waals surface area contributed by atoms with Gasteiger partial charge in [-0.05, 0) is 50.5 Å². The zero-order valence-electron chi connectivity index (χ0n) is 18.8. The van der Waals surface area contributed by atoms with Gasteiger partial charge in [-0.1, -0.05) is 6.92 Å². The molecule has 1 aliphatic rings. The third-order valence-electron chi connectivity index (χ3n) is 4.99. The molecule has 2 rings (SSSR count). The third-order valence-corrected chi connectivity index (χ3v) is 4.99. The van der Waals surface area contributed by atoms with Gasteiger partial charge in [-0.2, -0.15) is 0 Å². The molecule has 0 aromatic heterocycles. The van der Waals surface area contributed by atoms with Crippen LogP contribution in [-0.2, 0) is 14.3 Å². The van der Waals surface area contributed by atoms with Crippen LogP contribution in [0.3, 0.4) is 0 Å². The average molecular weight is 439 g/mol. The molecule has 1 aromatic rings. The van der Waals surface area contributed by atoms with E-state index in [4.69, 9.17) is 18.9 Å². The van der Waals surface area contributed by atoms with E-state index in [2.05, 4.69) is 17.6 Å². The molecule has 8 heteroatoms. The number of aliphatic hydroxyl groups is 1. The fraction of sp³-hybridized carbons (Fsp3) is 0.696. The monoisotopic (exact) mass is 438 g/mol. The zero-order chi connectivity index (χ0) is 22.3. The Morgan fingerprint density at radius 1 is 1.10 bits per heavy atom. The molecule has 1 fully saturated rings. The first-order valence-electron chi connectivity index (χ1n) is 11.3. The van der Waals surface area contributed by atoms with Gasteiger partial charge >= 0.3 is 0 Å². The molecule has 1 aliphatic heterocycles. The van der Waals surface area contributed by atoms with Gasteiger partial charge in [0.15, 0.2) is 0 Å². The number of carbonyl (C=O) groups is 1. The number of aliphatic hydroxyl groups excluding tert-OH is 1. The van der Waals surface area contributed by atoms with Crippen molar-refractivity contribution in [3.05, 3.63) is 24.3 Å². The molecule has 2 atom stereocenters. The van der Waals surface area contributed by atoms with Gasteiger partial charge in [0.1, 0.15) is 30.8 Å². The predicted octanol–water partition coefficient (Wildman–Crippen LogP) is 1.75. The van der Waals surface area contributed by atoms with Crippen molar-refractivity contribution in [1.29, 1.82) is 0 Å². The molecule has 2 unspecified atom stereocenters. The van der Waals surface area contributed by atoms with Crippen LogP contribution in [-0.4, -0.2) is 75.9 Å². The summed E-state index contributed by atoms with van der Waals surface area (Å²) in [5, 5.41) is 16.4. The van der Waals surface area contributed by atoms with E-state index in [0.717, 1.165) is 31.6 Å². The van der Waals surface area contributed by atoms with Crippen molar-refractivity contribution in [3.8, 4) is 11.5 Å². The van der Waals surface area contributed by atoms with E-state index in [9.17, 15) is 9.90 Å². The highest BCUT2D eigenvalue weighted by Crippen LogP contribution is 2.18. The van der Waals surface area contributed by atoms with Gasteiger partial charge in [-0.15, -0.1) is 0 Å². The zero-order valence-corrected chi connectivity index (χ0v) is 18.8. The van der Waals surface area contributed by atoms with E-state index in [-0.39, 0.29) is 24.5 Å². The van der Waals surface area contributed by atoms with Gasteiger partial charge in [0.25, 0.3) is 0 Å². The molecule has 176 valence electrons. The number of nitrogens with one attached hydrogen (secondary N) is 2. The Balaban J connectivity index is 1.55. The Bertz CT molecular complexity index is 607. The Labute approximate surface area is 185 Å². The quantitative estimate of drug-likeness (QED) is 0.359. The van der Waals surface area contributed by atoms with Crippen LogP contribution in [0.5, 0.6) is 11.5 Å². The van der Waals surface area contributed by atoms with Crippen LogP contribution in [0, 0.1) is 5.92 Å². The Kier molecular flexibility index (Phi) is 12.3. The maximum Gasteiger partial charge on any atom is 0.223 e. The summed E-state index contributed by atoms with van der Waals surface area (Å²) in [5.41, 5.74) is 0. The number of carbonyl (C=O) groups excluding carboxylic acids is 1. The fourth-order valence-corrected chi connectivity index (χ4v) is 3.12. The number of ether oxygens (including phenoxy) is 4. The topological polar surface area (TPSA) is 98.3 Å². The third kappa shape index (κ3) is 10.8. The van der Waals surface area contributed by atoms with E-state index >= 15 is 0 Å². The molecule has 0 radical (unpaired) electrons. The van der Waals surface area contributed by atoms with Crippen molar-refractivity contribution < 1.29 is 28.8 Å². The Morgan fingerprint density at radius 3 is 2.45 bits per heavy atom. The normalized spacial score (nSPS) is 16.5. The van der Waals surface area contributed by atoms with Crippen LogP contribution in [0.2, 0.25) is 0 Å². The summed E-state index contributed by atoms with van der Waals surface area (Å²) < 4.78 is 21.9. The van der Waals surface area contributed by atoms with Crippen LogP contribution in [0.1, 0.15) is 33.1 Å². The first-order chi connectivity index (χ1) is 15.1. The minimum atomic E-state index is -0.653. The van der Waals surface area contributed by atoms with Gasteiger partial charge in [0, 0.05) is 44.9 Å². The lowest BCUT2D eigenvalue weighted by atomic mass is 9.99. The first-order valence-corrected chi connectivity index (χ1v) is 11.3. The van der Waals surface area contributed by atoms with E-state index in [1.54, 1.807) is 0 Å². The number of hydrogen-bond donors (Lipinski definition) is 3. The molecule has 1 saturated heterocycles. The van der Waals surface area contributed by atoms with Gasteiger partial charge in [0.2, 0.25) is 5.91 Å². The summed E-state index contributed by atoms with van der Waals surface area (Å²) in [6.07, 6.45) is 1.91. The second kappa shape index (κ2) is 15.0. The molecule has 31 heavy (non-hydrogen) atoms. The predicted molar refractivity (Wildman–Crippen MR) is 119 cm³/mol. The molecular formula is C23H38N2O6. The van der Waals surface area contributed by atoms with Crippen molar-refractivity contribution in [2.45, 2.75) is 45.3 Å². The van der Waals surface area contributed by atoms with Crippen molar-refractivity contribution in [3.63, 3.8) is 0 Å². The minimum Gasteiger partial charge on any atom is -0.491 e. The molecule has 8 nitrogen and oxygen atoms in total. The van der Waals surface area contributed by atoms with E-state index in [1.807, 2.05) is 31.2 Å². The summed E-state index contributed by atoms with van der Waals surface area (Å²) in [5.74, 6) is 1.56. The van der Waals surface area contributed by atoms with Crippen molar-refractivity contribution in [1.82, 2.24) is 10.6 Å². The van der Waals surface area contributed by atoms with Crippen LogP contribution < -0.4 is 20.1 Å². The molecule has 1 heterocycles. The highest BCUT2D eigenvalue weighted by molar-refractivity contribution is 5.78. The van der Waals surface area contributed by atoms with E-state index in [0.29, 0.717) is 45.3 Å². The smallest absolute Gasteiger partial charge is 0.223 e. The lowest BCUT2D eigenvalue weighted by Gasteiger charge is -2.23. The number of amides is 1. The summed E-state index contributed by atoms with van der Waals surface area (Å²) in [6.45, 7) is 8.27. The van der Waals surface area contributed by atoms with Crippen molar-refractivity contribution in [2.24, 2.45) is 5.92 Å². The molecule has 0 saturated carbocycles. The van der Waals surface area contributed by atoms with Gasteiger partial charge in [0.05, 0.1) is 6.61 Å². The number of benzene rings is 1. The molecule has 1 amide bonds. The van der Waals surface area contributed by atoms with Gasteiger partial charge < -0.3 is 34.7 Å². The van der Waals surface area contributed by atoms with Gasteiger partial charge in [-0.3, -0.25) is 4.79 Å². The van der Waals surface area contributed by atoms with E-state index in [1.165, 1.54) is 0 Å². The fourth-order valence-electron chi connectivity index (χ4n) is 3.12. The number of rotatable bonds is 15. The second-order valence-electron chi connectivity index (χ2n) is 7.84. The van der Waals surface area contributed by atoms with Crippen molar-refractivity contribution >= 4 is 5.91 Å². The number of hydrogen-bond acceptors (Lipinski definition) is 7. The molecule has 0 spiro atoms. The Morgan fingerprint density at radius 2 is 1.77 bits per heavy atom. The highest BCUT2D eigenvalue weighted by atomic mass is 16.5. The second-order valence-corrected chi connectivity index (χ2v) is 7.84. The van der Waals surface area contributed by atoms with Crippen LogP contribution in [0.4, 0.5) is 0 Å².